The van der Waals surface area contributed by atoms with E-state index in [2.05, 4.69) is 27.1 Å². The minimum Gasteiger partial charge on any atom is -0.497 e. The smallest absolute Gasteiger partial charge is 0.241 e. The van der Waals surface area contributed by atoms with Crippen LogP contribution in [0.5, 0.6) is 5.75 Å². The molecular formula is C22H29N3O5S. The van der Waals surface area contributed by atoms with E-state index in [1.807, 2.05) is 18.2 Å². The van der Waals surface area contributed by atoms with Gasteiger partial charge in [-0.2, -0.15) is 4.72 Å². The Morgan fingerprint density at radius 3 is 2.58 bits per heavy atom. The highest BCUT2D eigenvalue weighted by Gasteiger charge is 2.25. The van der Waals surface area contributed by atoms with Crippen molar-refractivity contribution in [3.05, 3.63) is 60.2 Å². The van der Waals surface area contributed by atoms with Gasteiger partial charge in [0.2, 0.25) is 15.9 Å². The molecule has 2 aromatic carbocycles. The third-order valence-electron chi connectivity index (χ3n) is 5.07. The second-order valence-corrected chi connectivity index (χ2v) is 9.19. The fourth-order valence-corrected chi connectivity index (χ4v) is 4.57. The van der Waals surface area contributed by atoms with Gasteiger partial charge in [0.25, 0.3) is 0 Å². The van der Waals surface area contributed by atoms with Crippen molar-refractivity contribution in [1.82, 2.24) is 14.9 Å². The van der Waals surface area contributed by atoms with Crippen molar-refractivity contribution in [2.75, 3.05) is 33.4 Å². The van der Waals surface area contributed by atoms with Crippen molar-refractivity contribution in [3.63, 3.8) is 0 Å². The second-order valence-electron chi connectivity index (χ2n) is 7.48. The predicted molar refractivity (Wildman–Crippen MR) is 117 cm³/mol. The topological polar surface area (TPSA) is 97.0 Å². The lowest BCUT2D eigenvalue weighted by molar-refractivity contribution is -0.123. The van der Waals surface area contributed by atoms with Crippen molar-refractivity contribution < 1.29 is 22.7 Å². The summed E-state index contributed by atoms with van der Waals surface area (Å²) in [6.07, 6.45) is -0.146. The summed E-state index contributed by atoms with van der Waals surface area (Å²) in [6, 6.07) is 15.3. The van der Waals surface area contributed by atoms with Crippen molar-refractivity contribution >= 4 is 15.9 Å². The summed E-state index contributed by atoms with van der Waals surface area (Å²) in [4.78, 5) is 14.8. The summed E-state index contributed by atoms with van der Waals surface area (Å²) in [5.41, 5.74) is 1.23. The average molecular weight is 448 g/mol. The number of hydrogen-bond acceptors (Lipinski definition) is 6. The van der Waals surface area contributed by atoms with Crippen LogP contribution in [-0.4, -0.2) is 64.7 Å². The zero-order valence-electron chi connectivity index (χ0n) is 17.8. The summed E-state index contributed by atoms with van der Waals surface area (Å²) in [6.45, 7) is 4.77. The van der Waals surface area contributed by atoms with Crippen molar-refractivity contribution in [2.45, 2.75) is 30.5 Å². The Kier molecular flexibility index (Phi) is 8.03. The van der Waals surface area contributed by atoms with E-state index in [4.69, 9.17) is 9.47 Å². The zero-order chi connectivity index (χ0) is 22.3. The van der Waals surface area contributed by atoms with Crippen LogP contribution in [0.2, 0.25) is 0 Å². The fourth-order valence-electron chi connectivity index (χ4n) is 3.37. The number of nitrogens with one attached hydrogen (secondary N) is 2. The number of benzene rings is 2. The summed E-state index contributed by atoms with van der Waals surface area (Å²) in [7, 11) is -2.32. The fraction of sp³-hybridized carbons (Fsp3) is 0.409. The number of carbonyl (C=O) groups is 1. The van der Waals surface area contributed by atoms with E-state index in [-0.39, 0.29) is 11.0 Å². The lowest BCUT2D eigenvalue weighted by atomic mass is 10.2. The maximum atomic E-state index is 12.5. The molecule has 1 aliphatic heterocycles. The molecule has 168 valence electrons. The number of nitrogens with zero attached hydrogens (tertiary/aromatic N) is 1. The Hall–Kier alpha value is -2.46. The number of sulfonamides is 1. The molecule has 0 bridgehead atoms. The number of morpholine rings is 1. The van der Waals surface area contributed by atoms with E-state index in [9.17, 15) is 13.2 Å². The minimum absolute atomic E-state index is 0.0696. The third kappa shape index (κ3) is 6.76. The molecule has 2 aromatic rings. The number of carbonyl (C=O) groups excluding carboxylic acids is 1. The van der Waals surface area contributed by atoms with Crippen LogP contribution in [0.1, 0.15) is 12.5 Å². The predicted octanol–water partition coefficient (Wildman–Crippen LogP) is 1.38. The van der Waals surface area contributed by atoms with Crippen molar-refractivity contribution in [2.24, 2.45) is 0 Å². The zero-order valence-corrected chi connectivity index (χ0v) is 18.6. The van der Waals surface area contributed by atoms with E-state index in [1.54, 1.807) is 12.1 Å². The summed E-state index contributed by atoms with van der Waals surface area (Å²) in [5.74, 6) is 0.152. The lowest BCUT2D eigenvalue weighted by Gasteiger charge is -2.33. The molecule has 1 amide bonds. The Labute approximate surface area is 183 Å². The maximum Gasteiger partial charge on any atom is 0.241 e. The van der Waals surface area contributed by atoms with Crippen LogP contribution in [0.3, 0.4) is 0 Å². The highest BCUT2D eigenvalue weighted by Crippen LogP contribution is 2.15. The van der Waals surface area contributed by atoms with E-state index < -0.39 is 22.0 Å². The molecule has 1 saturated heterocycles. The van der Waals surface area contributed by atoms with E-state index >= 15 is 0 Å². The molecule has 1 heterocycles. The van der Waals surface area contributed by atoms with E-state index in [1.165, 1.54) is 31.7 Å². The molecule has 0 spiro atoms. The largest absolute Gasteiger partial charge is 0.497 e. The third-order valence-corrected chi connectivity index (χ3v) is 6.63. The van der Waals surface area contributed by atoms with Crippen LogP contribution in [-0.2, 0) is 26.1 Å². The van der Waals surface area contributed by atoms with Crippen LogP contribution >= 0.6 is 0 Å². The molecule has 2 N–H and O–H groups in total. The van der Waals surface area contributed by atoms with Gasteiger partial charge in [-0.3, -0.25) is 9.69 Å². The van der Waals surface area contributed by atoms with Gasteiger partial charge in [-0.05, 0) is 36.8 Å². The first-order valence-corrected chi connectivity index (χ1v) is 11.7. The Morgan fingerprint density at radius 2 is 1.90 bits per heavy atom. The van der Waals surface area contributed by atoms with Crippen LogP contribution in [0.4, 0.5) is 0 Å². The van der Waals surface area contributed by atoms with Gasteiger partial charge >= 0.3 is 0 Å². The van der Waals surface area contributed by atoms with Crippen molar-refractivity contribution in [1.29, 1.82) is 0 Å². The molecule has 0 saturated carbocycles. The van der Waals surface area contributed by atoms with Crippen LogP contribution < -0.4 is 14.8 Å². The van der Waals surface area contributed by atoms with Crippen molar-refractivity contribution in [3.8, 4) is 5.75 Å². The number of hydrogen-bond donors (Lipinski definition) is 2. The van der Waals surface area contributed by atoms with Gasteiger partial charge in [-0.15, -0.1) is 0 Å². The van der Waals surface area contributed by atoms with Gasteiger partial charge in [-0.1, -0.05) is 30.3 Å². The molecule has 3 rings (SSSR count). The quantitative estimate of drug-likeness (QED) is 0.603. The van der Waals surface area contributed by atoms with Gasteiger partial charge in [0.15, 0.2) is 0 Å². The molecule has 31 heavy (non-hydrogen) atoms. The first-order valence-electron chi connectivity index (χ1n) is 10.2. The van der Waals surface area contributed by atoms with Crippen LogP contribution in [0.15, 0.2) is 59.5 Å². The molecular weight excluding hydrogens is 418 g/mol. The highest BCUT2D eigenvalue weighted by atomic mass is 32.2. The van der Waals surface area contributed by atoms with Gasteiger partial charge < -0.3 is 14.8 Å². The molecule has 0 aliphatic carbocycles. The molecule has 0 radical (unpaired) electrons. The summed E-state index contributed by atoms with van der Waals surface area (Å²) < 4.78 is 38.2. The van der Waals surface area contributed by atoms with Crippen LogP contribution in [0.25, 0.3) is 0 Å². The summed E-state index contributed by atoms with van der Waals surface area (Å²) in [5, 5.41) is 2.79. The Morgan fingerprint density at radius 1 is 1.19 bits per heavy atom. The molecule has 1 unspecified atom stereocenters. The SMILES string of the molecule is COc1ccc(S(=O)(=O)N[C@@H](C)C(=O)NCC2CN(Cc3ccccc3)CCO2)cc1. The lowest BCUT2D eigenvalue weighted by Crippen LogP contribution is -2.50. The highest BCUT2D eigenvalue weighted by molar-refractivity contribution is 7.89. The molecule has 9 heteroatoms. The number of methoxy groups -OCH3 is 1. The maximum absolute atomic E-state index is 12.5. The van der Waals surface area contributed by atoms with E-state index in [0.29, 0.717) is 25.4 Å². The summed E-state index contributed by atoms with van der Waals surface area (Å²) >= 11 is 0. The second kappa shape index (κ2) is 10.7. The van der Waals surface area contributed by atoms with Gasteiger partial charge in [0.1, 0.15) is 5.75 Å². The Balaban J connectivity index is 1.47. The monoisotopic (exact) mass is 447 g/mol. The number of rotatable bonds is 9. The molecule has 1 fully saturated rings. The first kappa shape index (κ1) is 23.2. The minimum atomic E-state index is -3.82. The van der Waals surface area contributed by atoms with E-state index in [0.717, 1.165) is 13.1 Å². The number of ether oxygens (including phenoxy) is 2. The number of amides is 1. The standard InChI is InChI=1S/C22H29N3O5S/c1-17(24-31(27,28)21-10-8-19(29-2)9-11-21)22(26)23-14-20-16-25(12-13-30-20)15-18-6-4-3-5-7-18/h3-11,17,20,24H,12-16H2,1-2H3,(H,23,26)/t17-,20?/m0/s1. The molecule has 1 aliphatic rings. The Bertz CT molecular complexity index is 951. The molecule has 0 aromatic heterocycles. The molecule has 2 atom stereocenters. The van der Waals surface area contributed by atoms with Gasteiger partial charge in [0, 0.05) is 26.2 Å². The first-order chi connectivity index (χ1) is 14.9. The normalized spacial score (nSPS) is 18.3. The van der Waals surface area contributed by atoms with Gasteiger partial charge in [0.05, 0.1) is 30.8 Å². The van der Waals surface area contributed by atoms with Crippen LogP contribution in [0, 0.1) is 0 Å². The van der Waals surface area contributed by atoms with Gasteiger partial charge in [-0.25, -0.2) is 8.42 Å². The average Bonchev–Trinajstić information content (AvgIpc) is 2.78. The molecule has 8 nitrogen and oxygen atoms in total.